The molecule has 1 N–H and O–H groups in total. The van der Waals surface area contributed by atoms with Crippen LogP contribution in [0.1, 0.15) is 27.2 Å². The van der Waals surface area contributed by atoms with Crippen LogP contribution in [-0.2, 0) is 4.79 Å². The van der Waals surface area contributed by atoms with Crippen molar-refractivity contribution < 1.29 is 4.79 Å². The van der Waals surface area contributed by atoms with Crippen molar-refractivity contribution >= 4 is 11.6 Å². The standard InChI is InChI=1S/C15H19N3O/c1-15(2,3)10-14(19)17-12-4-6-13(7-5-12)18-9-8-16-11-18/h4-9,11H,10H2,1-3H3,(H,17,19). The molecule has 0 unspecified atom stereocenters. The van der Waals surface area contributed by atoms with E-state index in [0.29, 0.717) is 6.42 Å². The van der Waals surface area contributed by atoms with Crippen molar-refractivity contribution in [2.75, 3.05) is 5.32 Å². The van der Waals surface area contributed by atoms with Gasteiger partial charge in [0, 0.05) is 30.2 Å². The predicted octanol–water partition coefficient (Wildman–Crippen LogP) is 3.25. The van der Waals surface area contributed by atoms with Gasteiger partial charge < -0.3 is 9.88 Å². The SMILES string of the molecule is CC(C)(C)CC(=O)Nc1ccc(-n2ccnc2)cc1. The Labute approximate surface area is 113 Å². The Hall–Kier alpha value is -2.10. The van der Waals surface area contributed by atoms with Gasteiger partial charge in [-0.15, -0.1) is 0 Å². The first-order chi connectivity index (χ1) is 8.94. The van der Waals surface area contributed by atoms with Crippen molar-refractivity contribution in [3.05, 3.63) is 43.0 Å². The number of hydrogen-bond acceptors (Lipinski definition) is 2. The van der Waals surface area contributed by atoms with Crippen molar-refractivity contribution in [3.8, 4) is 5.69 Å². The zero-order valence-electron chi connectivity index (χ0n) is 11.6. The maximum atomic E-state index is 11.8. The second-order valence-electron chi connectivity index (χ2n) is 5.80. The maximum Gasteiger partial charge on any atom is 0.224 e. The summed E-state index contributed by atoms with van der Waals surface area (Å²) in [5, 5.41) is 2.91. The van der Waals surface area contributed by atoms with Gasteiger partial charge in [-0.05, 0) is 29.7 Å². The monoisotopic (exact) mass is 257 g/mol. The van der Waals surface area contributed by atoms with E-state index in [9.17, 15) is 4.79 Å². The van der Waals surface area contributed by atoms with E-state index in [4.69, 9.17) is 0 Å². The zero-order valence-corrected chi connectivity index (χ0v) is 11.6. The molecular formula is C15H19N3O. The van der Waals surface area contributed by atoms with E-state index in [1.54, 1.807) is 12.5 Å². The van der Waals surface area contributed by atoms with Gasteiger partial charge in [-0.3, -0.25) is 4.79 Å². The topological polar surface area (TPSA) is 46.9 Å². The molecule has 0 saturated heterocycles. The van der Waals surface area contributed by atoms with Crippen molar-refractivity contribution in [2.24, 2.45) is 5.41 Å². The normalized spacial score (nSPS) is 11.3. The Morgan fingerprint density at radius 1 is 1.26 bits per heavy atom. The Morgan fingerprint density at radius 3 is 2.47 bits per heavy atom. The van der Waals surface area contributed by atoms with E-state index in [2.05, 4.69) is 31.1 Å². The number of anilines is 1. The fourth-order valence-electron chi connectivity index (χ4n) is 1.82. The summed E-state index contributed by atoms with van der Waals surface area (Å²) in [5.74, 6) is 0.0443. The number of rotatable bonds is 3. The van der Waals surface area contributed by atoms with Crippen LogP contribution >= 0.6 is 0 Å². The minimum absolute atomic E-state index is 0.000827. The molecule has 2 rings (SSSR count). The third-order valence-electron chi connectivity index (χ3n) is 2.64. The van der Waals surface area contributed by atoms with Gasteiger partial charge in [0.2, 0.25) is 5.91 Å². The Bertz CT molecular complexity index is 536. The van der Waals surface area contributed by atoms with Crippen LogP contribution in [0.25, 0.3) is 5.69 Å². The molecule has 0 spiro atoms. The minimum atomic E-state index is 0.000827. The average molecular weight is 257 g/mol. The fourth-order valence-corrected chi connectivity index (χ4v) is 1.82. The second-order valence-corrected chi connectivity index (χ2v) is 5.80. The van der Waals surface area contributed by atoms with Crippen LogP contribution < -0.4 is 5.32 Å². The van der Waals surface area contributed by atoms with Gasteiger partial charge in [0.05, 0.1) is 6.33 Å². The van der Waals surface area contributed by atoms with E-state index in [-0.39, 0.29) is 11.3 Å². The molecule has 0 fully saturated rings. The van der Waals surface area contributed by atoms with Crippen LogP contribution in [0, 0.1) is 5.41 Å². The zero-order chi connectivity index (χ0) is 13.9. The number of carbonyl (C=O) groups excluding carboxylic acids is 1. The Morgan fingerprint density at radius 2 is 1.95 bits per heavy atom. The third kappa shape index (κ3) is 3.95. The number of amides is 1. The van der Waals surface area contributed by atoms with E-state index in [0.717, 1.165) is 11.4 Å². The molecule has 0 saturated carbocycles. The summed E-state index contributed by atoms with van der Waals surface area (Å²) >= 11 is 0. The molecule has 0 bridgehead atoms. The number of hydrogen-bond donors (Lipinski definition) is 1. The largest absolute Gasteiger partial charge is 0.326 e. The summed E-state index contributed by atoms with van der Waals surface area (Å²) in [6, 6.07) is 7.70. The first-order valence-electron chi connectivity index (χ1n) is 6.32. The number of aromatic nitrogens is 2. The molecule has 0 aliphatic heterocycles. The van der Waals surface area contributed by atoms with E-state index in [1.165, 1.54) is 0 Å². The quantitative estimate of drug-likeness (QED) is 0.917. The average Bonchev–Trinajstić information content (AvgIpc) is 2.80. The lowest BCUT2D eigenvalue weighted by atomic mass is 9.92. The Kier molecular flexibility index (Phi) is 3.69. The van der Waals surface area contributed by atoms with Gasteiger partial charge >= 0.3 is 0 Å². The summed E-state index contributed by atoms with van der Waals surface area (Å²) in [6.07, 6.45) is 5.87. The summed E-state index contributed by atoms with van der Waals surface area (Å²) in [6.45, 7) is 6.15. The molecule has 0 radical (unpaired) electrons. The van der Waals surface area contributed by atoms with Gasteiger partial charge in [0.25, 0.3) is 0 Å². The first-order valence-corrected chi connectivity index (χ1v) is 6.32. The number of imidazole rings is 1. The highest BCUT2D eigenvalue weighted by molar-refractivity contribution is 5.91. The van der Waals surface area contributed by atoms with Gasteiger partial charge in [0.15, 0.2) is 0 Å². The van der Waals surface area contributed by atoms with E-state index < -0.39 is 0 Å². The Balaban J connectivity index is 2.01. The first kappa shape index (κ1) is 13.3. The molecule has 100 valence electrons. The van der Waals surface area contributed by atoms with Crippen LogP contribution in [0.4, 0.5) is 5.69 Å². The molecule has 1 aromatic heterocycles. The van der Waals surface area contributed by atoms with Gasteiger partial charge in [0.1, 0.15) is 0 Å². The van der Waals surface area contributed by atoms with Gasteiger partial charge in [-0.25, -0.2) is 4.98 Å². The van der Waals surface area contributed by atoms with Gasteiger partial charge in [-0.1, -0.05) is 20.8 Å². The predicted molar refractivity (Wildman–Crippen MR) is 76.3 cm³/mol. The minimum Gasteiger partial charge on any atom is -0.326 e. The van der Waals surface area contributed by atoms with Crippen LogP contribution in [0.5, 0.6) is 0 Å². The maximum absolute atomic E-state index is 11.8. The molecule has 1 amide bonds. The molecule has 1 heterocycles. The third-order valence-corrected chi connectivity index (χ3v) is 2.64. The van der Waals surface area contributed by atoms with Gasteiger partial charge in [-0.2, -0.15) is 0 Å². The number of carbonyl (C=O) groups is 1. The summed E-state index contributed by atoms with van der Waals surface area (Å²) in [4.78, 5) is 15.8. The van der Waals surface area contributed by atoms with Crippen LogP contribution in [0.15, 0.2) is 43.0 Å². The lowest BCUT2D eigenvalue weighted by Crippen LogP contribution is -2.19. The van der Waals surface area contributed by atoms with Crippen molar-refractivity contribution in [2.45, 2.75) is 27.2 Å². The molecule has 2 aromatic rings. The highest BCUT2D eigenvalue weighted by atomic mass is 16.1. The summed E-state index contributed by atoms with van der Waals surface area (Å²) in [7, 11) is 0. The molecule has 4 heteroatoms. The highest BCUT2D eigenvalue weighted by Crippen LogP contribution is 2.20. The lowest BCUT2D eigenvalue weighted by molar-refractivity contribution is -0.117. The van der Waals surface area contributed by atoms with Crippen LogP contribution in [0.3, 0.4) is 0 Å². The molecule has 0 aliphatic carbocycles. The summed E-state index contributed by atoms with van der Waals surface area (Å²) in [5.41, 5.74) is 1.84. The molecule has 0 atom stereocenters. The van der Waals surface area contributed by atoms with E-state index in [1.807, 2.05) is 35.0 Å². The molecule has 1 aromatic carbocycles. The summed E-state index contributed by atoms with van der Waals surface area (Å²) < 4.78 is 1.92. The smallest absolute Gasteiger partial charge is 0.224 e. The number of nitrogens with one attached hydrogen (secondary N) is 1. The second kappa shape index (κ2) is 5.26. The van der Waals surface area contributed by atoms with Crippen molar-refractivity contribution in [1.82, 2.24) is 9.55 Å². The molecular weight excluding hydrogens is 238 g/mol. The lowest BCUT2D eigenvalue weighted by Gasteiger charge is -2.17. The van der Waals surface area contributed by atoms with Crippen LogP contribution in [0.2, 0.25) is 0 Å². The number of benzene rings is 1. The molecule has 19 heavy (non-hydrogen) atoms. The van der Waals surface area contributed by atoms with Crippen molar-refractivity contribution in [1.29, 1.82) is 0 Å². The highest BCUT2D eigenvalue weighted by Gasteiger charge is 2.15. The number of nitrogens with zero attached hydrogens (tertiary/aromatic N) is 2. The molecule has 4 nitrogen and oxygen atoms in total. The fraction of sp³-hybridized carbons (Fsp3) is 0.333. The van der Waals surface area contributed by atoms with E-state index >= 15 is 0 Å². The van der Waals surface area contributed by atoms with Crippen LogP contribution in [-0.4, -0.2) is 15.5 Å². The van der Waals surface area contributed by atoms with Crippen molar-refractivity contribution in [3.63, 3.8) is 0 Å². The molecule has 0 aliphatic rings.